The Hall–Kier alpha value is -2.69. The van der Waals surface area contributed by atoms with Gasteiger partial charge in [0.05, 0.1) is 0 Å². The molecule has 0 saturated carbocycles. The van der Waals surface area contributed by atoms with Crippen LogP contribution in [-0.2, 0) is 0 Å². The third-order valence-electron chi connectivity index (χ3n) is 5.50. The number of rotatable bonds is 5. The Labute approximate surface area is 168 Å². The van der Waals surface area contributed by atoms with Crippen molar-refractivity contribution in [3.05, 3.63) is 71.5 Å². The molecule has 0 saturated heterocycles. The molecule has 2 aromatic carbocycles. The number of ether oxygens (including phenoxy) is 1. The highest BCUT2D eigenvalue weighted by molar-refractivity contribution is 6.31. The largest absolute Gasteiger partial charge is 0.492 e. The Balaban J connectivity index is 1.22. The van der Waals surface area contributed by atoms with Crippen molar-refractivity contribution in [3.63, 3.8) is 0 Å². The molecule has 1 aliphatic heterocycles. The molecule has 5 heteroatoms. The summed E-state index contributed by atoms with van der Waals surface area (Å²) in [5, 5.41) is 3.15. The van der Waals surface area contributed by atoms with Crippen LogP contribution >= 0.6 is 11.6 Å². The van der Waals surface area contributed by atoms with E-state index < -0.39 is 0 Å². The van der Waals surface area contributed by atoms with Crippen LogP contribution in [0.25, 0.3) is 27.4 Å². The fraction of sp³-hybridized carbons (Fsp3) is 0.217. The van der Waals surface area contributed by atoms with Crippen LogP contribution in [0.1, 0.15) is 12.0 Å². The van der Waals surface area contributed by atoms with Crippen LogP contribution in [0, 0.1) is 0 Å². The average Bonchev–Trinajstić information content (AvgIpc) is 3.35. The van der Waals surface area contributed by atoms with E-state index in [2.05, 4.69) is 45.3 Å². The lowest BCUT2D eigenvalue weighted by Crippen LogP contribution is -2.32. The van der Waals surface area contributed by atoms with E-state index in [1.54, 1.807) is 0 Å². The summed E-state index contributed by atoms with van der Waals surface area (Å²) < 4.78 is 6.05. The number of halogens is 1. The predicted octanol–water partition coefficient (Wildman–Crippen LogP) is 5.47. The number of hydrogen-bond donors (Lipinski definition) is 2. The molecule has 142 valence electrons. The van der Waals surface area contributed by atoms with E-state index in [4.69, 9.17) is 16.3 Å². The number of aromatic amines is 2. The highest BCUT2D eigenvalue weighted by Crippen LogP contribution is 2.30. The van der Waals surface area contributed by atoms with Crippen molar-refractivity contribution >= 4 is 39.0 Å². The lowest BCUT2D eigenvalue weighted by atomic mass is 9.99. The summed E-state index contributed by atoms with van der Waals surface area (Å²) >= 11 is 6.10. The topological polar surface area (TPSA) is 44.0 Å². The molecule has 0 fully saturated rings. The van der Waals surface area contributed by atoms with Crippen molar-refractivity contribution in [2.24, 2.45) is 0 Å². The zero-order chi connectivity index (χ0) is 18.9. The van der Waals surface area contributed by atoms with Gasteiger partial charge in [-0.15, -0.1) is 0 Å². The summed E-state index contributed by atoms with van der Waals surface area (Å²) in [6.07, 6.45) is 7.44. The zero-order valence-corrected chi connectivity index (χ0v) is 16.3. The van der Waals surface area contributed by atoms with Crippen LogP contribution < -0.4 is 4.74 Å². The van der Waals surface area contributed by atoms with Crippen LogP contribution in [-0.4, -0.2) is 41.1 Å². The molecule has 1 aliphatic rings. The number of nitrogens with one attached hydrogen (secondary N) is 2. The van der Waals surface area contributed by atoms with Crippen molar-refractivity contribution in [2.45, 2.75) is 6.42 Å². The molecule has 0 bridgehead atoms. The second kappa shape index (κ2) is 7.38. The first-order valence-corrected chi connectivity index (χ1v) is 10.0. The van der Waals surface area contributed by atoms with E-state index in [-0.39, 0.29) is 0 Å². The van der Waals surface area contributed by atoms with Crippen LogP contribution in [0.15, 0.2) is 60.9 Å². The number of fused-ring (bicyclic) bond motifs is 2. The molecule has 4 nitrogen and oxygen atoms in total. The first-order valence-electron chi connectivity index (χ1n) is 9.65. The van der Waals surface area contributed by atoms with E-state index >= 15 is 0 Å². The van der Waals surface area contributed by atoms with Gasteiger partial charge in [0.2, 0.25) is 0 Å². The summed E-state index contributed by atoms with van der Waals surface area (Å²) in [4.78, 5) is 9.00. The Morgan fingerprint density at radius 1 is 1.04 bits per heavy atom. The SMILES string of the molecule is Clc1ccc2c(C3=CCN(CCOc4cccc5[nH]ccc45)CC3)c[nH]c2c1. The predicted molar refractivity (Wildman–Crippen MR) is 116 cm³/mol. The molecular weight excluding hydrogens is 370 g/mol. The Kier molecular flexibility index (Phi) is 4.59. The van der Waals surface area contributed by atoms with Crippen LogP contribution in [0.3, 0.4) is 0 Å². The third kappa shape index (κ3) is 3.30. The maximum atomic E-state index is 6.10. The maximum Gasteiger partial charge on any atom is 0.128 e. The fourth-order valence-electron chi connectivity index (χ4n) is 3.99. The lowest BCUT2D eigenvalue weighted by molar-refractivity contribution is 0.224. The van der Waals surface area contributed by atoms with Gasteiger partial charge >= 0.3 is 0 Å². The van der Waals surface area contributed by atoms with E-state index in [1.165, 1.54) is 16.5 Å². The van der Waals surface area contributed by atoms with Crippen molar-refractivity contribution in [3.8, 4) is 5.75 Å². The first-order chi connectivity index (χ1) is 13.8. The maximum absolute atomic E-state index is 6.10. The standard InChI is InChI=1S/C23H22ClN3O/c24-17-4-5-18-20(15-26-22(18)14-17)16-7-10-27(11-8-16)12-13-28-23-3-1-2-21-19(23)6-9-25-21/h1-7,9,14-15,25-26H,8,10-13H2. The number of H-pyrrole nitrogens is 2. The minimum absolute atomic E-state index is 0.694. The molecule has 0 radical (unpaired) electrons. The Morgan fingerprint density at radius 2 is 2.00 bits per heavy atom. The molecule has 3 heterocycles. The van der Waals surface area contributed by atoms with Crippen LogP contribution in [0.5, 0.6) is 5.75 Å². The summed E-state index contributed by atoms with van der Waals surface area (Å²) in [6, 6.07) is 14.2. The molecular formula is C23H22ClN3O. The number of nitrogens with zero attached hydrogens (tertiary/aromatic N) is 1. The smallest absolute Gasteiger partial charge is 0.128 e. The van der Waals surface area contributed by atoms with E-state index in [0.717, 1.165) is 53.2 Å². The fourth-order valence-corrected chi connectivity index (χ4v) is 4.16. The summed E-state index contributed by atoms with van der Waals surface area (Å²) in [6.45, 7) is 3.62. The molecule has 28 heavy (non-hydrogen) atoms. The van der Waals surface area contributed by atoms with Gasteiger partial charge in [-0.25, -0.2) is 0 Å². The number of hydrogen-bond acceptors (Lipinski definition) is 2. The number of aromatic nitrogens is 2. The van der Waals surface area contributed by atoms with Crippen molar-refractivity contribution < 1.29 is 4.74 Å². The van der Waals surface area contributed by atoms with Crippen LogP contribution in [0.4, 0.5) is 0 Å². The van der Waals surface area contributed by atoms with E-state index in [9.17, 15) is 0 Å². The average molecular weight is 392 g/mol. The molecule has 0 spiro atoms. The monoisotopic (exact) mass is 391 g/mol. The minimum Gasteiger partial charge on any atom is -0.492 e. The second-order valence-corrected chi connectivity index (χ2v) is 7.65. The molecule has 0 atom stereocenters. The second-order valence-electron chi connectivity index (χ2n) is 7.22. The quantitative estimate of drug-likeness (QED) is 0.473. The van der Waals surface area contributed by atoms with Crippen molar-refractivity contribution in [2.75, 3.05) is 26.2 Å². The number of benzene rings is 2. The minimum atomic E-state index is 0.694. The molecule has 2 aromatic heterocycles. The summed E-state index contributed by atoms with van der Waals surface area (Å²) in [5.74, 6) is 0.949. The van der Waals surface area contributed by atoms with E-state index in [0.29, 0.717) is 6.61 Å². The summed E-state index contributed by atoms with van der Waals surface area (Å²) in [5.41, 5.74) is 4.91. The highest BCUT2D eigenvalue weighted by atomic mass is 35.5. The van der Waals surface area contributed by atoms with Crippen LogP contribution in [0.2, 0.25) is 5.02 Å². The molecule has 2 N–H and O–H groups in total. The van der Waals surface area contributed by atoms with Crippen molar-refractivity contribution in [1.29, 1.82) is 0 Å². The van der Waals surface area contributed by atoms with Gasteiger partial charge in [0.25, 0.3) is 0 Å². The normalized spacial score (nSPS) is 15.2. The van der Waals surface area contributed by atoms with Gasteiger partial charge in [0, 0.05) is 64.4 Å². The van der Waals surface area contributed by atoms with Gasteiger partial charge in [-0.1, -0.05) is 29.8 Å². The molecule has 4 aromatic rings. The van der Waals surface area contributed by atoms with Gasteiger partial charge < -0.3 is 14.7 Å². The van der Waals surface area contributed by atoms with Gasteiger partial charge in [-0.2, -0.15) is 0 Å². The van der Waals surface area contributed by atoms with Gasteiger partial charge in [0.1, 0.15) is 12.4 Å². The van der Waals surface area contributed by atoms with Crippen molar-refractivity contribution in [1.82, 2.24) is 14.9 Å². The molecule has 0 amide bonds. The Morgan fingerprint density at radius 3 is 2.89 bits per heavy atom. The van der Waals surface area contributed by atoms with Gasteiger partial charge in [0.15, 0.2) is 0 Å². The zero-order valence-electron chi connectivity index (χ0n) is 15.5. The lowest BCUT2D eigenvalue weighted by Gasteiger charge is -2.26. The molecule has 0 aliphatic carbocycles. The highest BCUT2D eigenvalue weighted by Gasteiger charge is 2.16. The summed E-state index contributed by atoms with van der Waals surface area (Å²) in [7, 11) is 0. The molecule has 5 rings (SSSR count). The molecule has 0 unspecified atom stereocenters. The van der Waals surface area contributed by atoms with Gasteiger partial charge in [-0.3, -0.25) is 4.90 Å². The Bertz CT molecular complexity index is 1160. The first kappa shape index (κ1) is 17.4. The van der Waals surface area contributed by atoms with E-state index in [1.807, 2.05) is 30.5 Å². The van der Waals surface area contributed by atoms with Gasteiger partial charge in [-0.05, 0) is 42.3 Å². The third-order valence-corrected chi connectivity index (χ3v) is 5.74.